The first-order valence-electron chi connectivity index (χ1n) is 11.2. The fourth-order valence-electron chi connectivity index (χ4n) is 4.00. The number of Topliss-reactive ketones (excluding diaryl/α,β-unsaturated/α-hetero) is 1. The number of carbonyl (C=O) groups excluding carboxylic acids is 1. The van der Waals surface area contributed by atoms with E-state index >= 15 is 0 Å². The van der Waals surface area contributed by atoms with E-state index in [0.29, 0.717) is 24.5 Å². The Morgan fingerprint density at radius 3 is 2.74 bits per heavy atom. The number of nitrogens with zero attached hydrogens (tertiary/aromatic N) is 6. The van der Waals surface area contributed by atoms with Crippen LogP contribution in [0.1, 0.15) is 29.7 Å². The number of carbonyl (C=O) groups is 1. The van der Waals surface area contributed by atoms with E-state index in [-0.39, 0.29) is 23.7 Å². The number of ketones is 1. The monoisotopic (exact) mass is 456 g/mol. The average molecular weight is 457 g/mol. The molecule has 0 bridgehead atoms. The van der Waals surface area contributed by atoms with Crippen LogP contribution in [0.3, 0.4) is 0 Å². The molecule has 1 aliphatic heterocycles. The van der Waals surface area contributed by atoms with Crippen LogP contribution >= 0.6 is 0 Å². The van der Waals surface area contributed by atoms with Crippen LogP contribution in [0.15, 0.2) is 66.1 Å². The zero-order valence-corrected chi connectivity index (χ0v) is 18.8. The molecule has 172 valence electrons. The van der Waals surface area contributed by atoms with Gasteiger partial charge in [-0.05, 0) is 30.0 Å². The van der Waals surface area contributed by atoms with Crippen molar-refractivity contribution in [2.75, 3.05) is 6.61 Å². The molecule has 0 aliphatic carbocycles. The predicted octanol–water partition coefficient (Wildman–Crippen LogP) is 2.30. The van der Waals surface area contributed by atoms with E-state index < -0.39 is 0 Å². The molecule has 1 atom stereocenters. The Hall–Kier alpha value is -3.98. The van der Waals surface area contributed by atoms with Gasteiger partial charge in [-0.25, -0.2) is 14.6 Å². The van der Waals surface area contributed by atoms with E-state index in [4.69, 9.17) is 4.74 Å². The standard InChI is InChI=1S/C25H24N6O3/c1-30-16-20(15-28-30)31-8-7-22(32)21(29-31)11-17-4-2-5-19(10-17)25-26-13-18(14-27-25)12-23(33)24-6-3-9-34-24/h2,4-5,7-8,10,13-16,24H,3,6,9,11-12H2,1H3. The molecule has 1 unspecified atom stereocenters. The molecule has 1 aliphatic rings. The summed E-state index contributed by atoms with van der Waals surface area (Å²) in [6.45, 7) is 0.651. The summed E-state index contributed by atoms with van der Waals surface area (Å²) in [5.41, 5.74) is 3.62. The number of rotatable bonds is 7. The summed E-state index contributed by atoms with van der Waals surface area (Å²) in [6, 6.07) is 9.24. The van der Waals surface area contributed by atoms with Gasteiger partial charge in [-0.2, -0.15) is 10.2 Å². The highest BCUT2D eigenvalue weighted by atomic mass is 16.5. The molecule has 0 spiro atoms. The third-order valence-electron chi connectivity index (χ3n) is 5.76. The number of aromatic nitrogens is 6. The number of hydrogen-bond acceptors (Lipinski definition) is 7. The molecule has 0 radical (unpaired) electrons. The van der Waals surface area contributed by atoms with Crippen LogP contribution in [0, 0.1) is 0 Å². The van der Waals surface area contributed by atoms with Gasteiger partial charge in [0.15, 0.2) is 11.6 Å². The molecule has 5 rings (SSSR count). The van der Waals surface area contributed by atoms with Gasteiger partial charge in [0, 0.05) is 56.7 Å². The summed E-state index contributed by atoms with van der Waals surface area (Å²) in [6.07, 6.45) is 10.6. The van der Waals surface area contributed by atoms with Crippen molar-refractivity contribution in [3.63, 3.8) is 0 Å². The lowest BCUT2D eigenvalue weighted by Crippen LogP contribution is -2.21. The SMILES string of the molecule is Cn1cc(-n2ccc(=O)c(Cc3cccc(-c4ncc(CC(=O)C5CCCO5)cn4)c3)n2)cn1. The van der Waals surface area contributed by atoms with Crippen molar-refractivity contribution in [3.05, 3.63) is 88.4 Å². The lowest BCUT2D eigenvalue weighted by molar-refractivity contribution is -0.127. The van der Waals surface area contributed by atoms with Crippen LogP contribution in [0.4, 0.5) is 0 Å². The molecule has 9 heteroatoms. The summed E-state index contributed by atoms with van der Waals surface area (Å²) >= 11 is 0. The third kappa shape index (κ3) is 4.84. The second kappa shape index (κ2) is 9.48. The lowest BCUT2D eigenvalue weighted by Gasteiger charge is -2.09. The van der Waals surface area contributed by atoms with Crippen LogP contribution in [-0.4, -0.2) is 48.0 Å². The quantitative estimate of drug-likeness (QED) is 0.420. The van der Waals surface area contributed by atoms with Crippen LogP contribution in [-0.2, 0) is 29.4 Å². The van der Waals surface area contributed by atoms with E-state index in [9.17, 15) is 9.59 Å². The van der Waals surface area contributed by atoms with Gasteiger partial charge in [-0.3, -0.25) is 14.3 Å². The largest absolute Gasteiger partial charge is 0.370 e. The summed E-state index contributed by atoms with van der Waals surface area (Å²) in [7, 11) is 1.83. The second-order valence-electron chi connectivity index (χ2n) is 8.38. The predicted molar refractivity (Wildman–Crippen MR) is 125 cm³/mol. The summed E-state index contributed by atoms with van der Waals surface area (Å²) in [5.74, 6) is 0.632. The zero-order chi connectivity index (χ0) is 23.5. The average Bonchev–Trinajstić information content (AvgIpc) is 3.54. The van der Waals surface area contributed by atoms with Crippen LogP contribution in [0.5, 0.6) is 0 Å². The smallest absolute Gasteiger partial charge is 0.203 e. The highest BCUT2D eigenvalue weighted by Crippen LogP contribution is 2.19. The van der Waals surface area contributed by atoms with Crippen molar-refractivity contribution in [1.82, 2.24) is 29.5 Å². The topological polar surface area (TPSA) is 105 Å². The molecular formula is C25H24N6O3. The van der Waals surface area contributed by atoms with E-state index in [1.54, 1.807) is 34.2 Å². The van der Waals surface area contributed by atoms with Gasteiger partial charge < -0.3 is 4.74 Å². The fraction of sp³-hybridized carbons (Fsp3) is 0.280. The van der Waals surface area contributed by atoms with Crippen molar-refractivity contribution in [2.45, 2.75) is 31.8 Å². The van der Waals surface area contributed by atoms with Crippen LogP contribution in [0.25, 0.3) is 17.1 Å². The second-order valence-corrected chi connectivity index (χ2v) is 8.38. The first kappa shape index (κ1) is 21.8. The van der Waals surface area contributed by atoms with E-state index in [2.05, 4.69) is 20.2 Å². The first-order chi connectivity index (χ1) is 16.5. The fourth-order valence-corrected chi connectivity index (χ4v) is 4.00. The van der Waals surface area contributed by atoms with Crippen molar-refractivity contribution in [2.24, 2.45) is 7.05 Å². The molecule has 4 aromatic rings. The van der Waals surface area contributed by atoms with Gasteiger partial charge in [0.1, 0.15) is 17.5 Å². The Morgan fingerprint density at radius 2 is 2.00 bits per heavy atom. The van der Waals surface area contributed by atoms with Crippen LogP contribution < -0.4 is 5.43 Å². The van der Waals surface area contributed by atoms with E-state index in [1.807, 2.05) is 37.5 Å². The number of hydrogen-bond donors (Lipinski definition) is 0. The van der Waals surface area contributed by atoms with Gasteiger partial charge in [-0.15, -0.1) is 0 Å². The molecule has 9 nitrogen and oxygen atoms in total. The molecule has 34 heavy (non-hydrogen) atoms. The summed E-state index contributed by atoms with van der Waals surface area (Å²) < 4.78 is 8.79. The highest BCUT2D eigenvalue weighted by Gasteiger charge is 2.23. The molecule has 1 aromatic carbocycles. The van der Waals surface area contributed by atoms with E-state index in [1.165, 1.54) is 6.07 Å². The first-order valence-corrected chi connectivity index (χ1v) is 11.2. The van der Waals surface area contributed by atoms with Gasteiger partial charge in [0.25, 0.3) is 0 Å². The van der Waals surface area contributed by atoms with Crippen molar-refractivity contribution in [3.8, 4) is 17.1 Å². The Kier molecular flexibility index (Phi) is 6.09. The van der Waals surface area contributed by atoms with Crippen molar-refractivity contribution >= 4 is 5.78 Å². The Labute approximate surface area is 196 Å². The zero-order valence-electron chi connectivity index (χ0n) is 18.8. The number of ether oxygens (including phenoxy) is 1. The Morgan fingerprint density at radius 1 is 1.15 bits per heavy atom. The van der Waals surface area contributed by atoms with Gasteiger partial charge >= 0.3 is 0 Å². The maximum Gasteiger partial charge on any atom is 0.203 e. The normalized spacial score (nSPS) is 15.5. The third-order valence-corrected chi connectivity index (χ3v) is 5.76. The molecule has 0 N–H and O–H groups in total. The minimum Gasteiger partial charge on any atom is -0.370 e. The van der Waals surface area contributed by atoms with E-state index in [0.717, 1.165) is 35.2 Å². The highest BCUT2D eigenvalue weighted by molar-refractivity contribution is 5.85. The number of benzene rings is 1. The van der Waals surface area contributed by atoms with Crippen LogP contribution in [0.2, 0.25) is 0 Å². The Bertz CT molecular complexity index is 1370. The molecular weight excluding hydrogens is 432 g/mol. The van der Waals surface area contributed by atoms with Crippen molar-refractivity contribution in [1.29, 1.82) is 0 Å². The Balaban J connectivity index is 1.32. The molecule has 4 heterocycles. The maximum atomic E-state index is 12.4. The minimum absolute atomic E-state index is 0.0724. The maximum absolute atomic E-state index is 12.4. The van der Waals surface area contributed by atoms with Gasteiger partial charge in [0.2, 0.25) is 5.43 Å². The molecule has 0 saturated carbocycles. The van der Waals surface area contributed by atoms with Gasteiger partial charge in [0.05, 0.1) is 12.4 Å². The summed E-state index contributed by atoms with van der Waals surface area (Å²) in [4.78, 5) is 33.7. The summed E-state index contributed by atoms with van der Waals surface area (Å²) in [5, 5.41) is 8.66. The molecule has 0 amide bonds. The van der Waals surface area contributed by atoms with Crippen molar-refractivity contribution < 1.29 is 9.53 Å². The molecule has 3 aromatic heterocycles. The molecule has 1 saturated heterocycles. The minimum atomic E-state index is -0.300. The number of aryl methyl sites for hydroxylation is 1. The van der Waals surface area contributed by atoms with Gasteiger partial charge in [-0.1, -0.05) is 18.2 Å². The molecule has 1 fully saturated rings. The lowest BCUT2D eigenvalue weighted by atomic mass is 10.0.